The maximum atomic E-state index is 14.2. The fraction of sp³-hybridized carbons (Fsp3) is 0.143. The molecule has 0 spiro atoms. The van der Waals surface area contributed by atoms with Gasteiger partial charge >= 0.3 is 6.18 Å². The first-order valence-electron chi connectivity index (χ1n) is 10.1. The van der Waals surface area contributed by atoms with Crippen molar-refractivity contribution in [2.24, 2.45) is 0 Å². The lowest BCUT2D eigenvalue weighted by atomic mass is 10.0. The van der Waals surface area contributed by atoms with Crippen molar-refractivity contribution in [1.82, 2.24) is 39.6 Å². The summed E-state index contributed by atoms with van der Waals surface area (Å²) in [4.78, 5) is 10.9. The Hall–Kier alpha value is -4.01. The van der Waals surface area contributed by atoms with Gasteiger partial charge in [-0.3, -0.25) is 0 Å². The molecule has 4 aromatic heterocycles. The molecule has 15 heteroatoms. The highest BCUT2D eigenvalue weighted by atomic mass is 79.9. The fourth-order valence-electron chi connectivity index (χ4n) is 3.75. The van der Waals surface area contributed by atoms with Gasteiger partial charge in [-0.25, -0.2) is 32.9 Å². The molecule has 0 radical (unpaired) electrons. The van der Waals surface area contributed by atoms with Crippen molar-refractivity contribution in [2.75, 3.05) is 5.73 Å². The van der Waals surface area contributed by atoms with Gasteiger partial charge in [-0.2, -0.15) is 18.3 Å². The van der Waals surface area contributed by atoms with E-state index in [1.807, 2.05) is 0 Å². The van der Waals surface area contributed by atoms with Crippen LogP contribution in [0.1, 0.15) is 30.1 Å². The lowest BCUT2D eigenvalue weighted by Crippen LogP contribution is -2.10. The summed E-state index contributed by atoms with van der Waals surface area (Å²) in [6, 6.07) is 3.06. The van der Waals surface area contributed by atoms with E-state index in [1.165, 1.54) is 23.1 Å². The molecule has 4 heterocycles. The van der Waals surface area contributed by atoms with Gasteiger partial charge in [-0.1, -0.05) is 12.1 Å². The summed E-state index contributed by atoms with van der Waals surface area (Å²) >= 11 is 3.51. The van der Waals surface area contributed by atoms with Crippen molar-refractivity contribution >= 4 is 27.3 Å². The number of aromatic nitrogens is 8. The number of nitrogens with zero attached hydrogens (tertiary/aromatic N) is 8. The molecule has 0 saturated heterocycles. The Morgan fingerprint density at radius 3 is 2.47 bits per heavy atom. The van der Waals surface area contributed by atoms with Crippen LogP contribution in [0, 0.1) is 11.6 Å². The van der Waals surface area contributed by atoms with Gasteiger partial charge in [-0.05, 0) is 28.1 Å². The van der Waals surface area contributed by atoms with Crippen LogP contribution in [0.2, 0.25) is 0 Å². The second-order valence-electron chi connectivity index (χ2n) is 7.68. The smallest absolute Gasteiger partial charge is 0.382 e. The normalized spacial score (nSPS) is 12.9. The minimum absolute atomic E-state index is 0.00408. The van der Waals surface area contributed by atoms with Crippen molar-refractivity contribution in [1.29, 1.82) is 0 Å². The zero-order valence-electron chi connectivity index (χ0n) is 18.0. The zero-order valence-corrected chi connectivity index (χ0v) is 19.6. The van der Waals surface area contributed by atoms with Gasteiger partial charge in [0.15, 0.2) is 11.6 Å². The summed E-state index contributed by atoms with van der Waals surface area (Å²) in [6.45, 7) is 1.77. The summed E-state index contributed by atoms with van der Waals surface area (Å²) in [5.41, 5.74) is 7.94. The molecule has 0 bridgehead atoms. The highest BCUT2D eigenvalue weighted by molar-refractivity contribution is 9.10. The molecule has 184 valence electrons. The molecular formula is C21H13BrF5N9. The quantitative estimate of drug-likeness (QED) is 0.318. The molecule has 0 saturated carbocycles. The molecule has 0 aliphatic rings. The first-order valence-corrected chi connectivity index (χ1v) is 10.9. The van der Waals surface area contributed by atoms with Crippen LogP contribution in [-0.4, -0.2) is 39.6 Å². The Kier molecular flexibility index (Phi) is 5.65. The van der Waals surface area contributed by atoms with Crippen LogP contribution in [0.15, 0.2) is 47.6 Å². The van der Waals surface area contributed by atoms with Gasteiger partial charge in [0.25, 0.3) is 0 Å². The first-order chi connectivity index (χ1) is 17.1. The zero-order chi connectivity index (χ0) is 25.8. The largest absolute Gasteiger partial charge is 0.451 e. The van der Waals surface area contributed by atoms with E-state index in [0.29, 0.717) is 26.9 Å². The second kappa shape index (κ2) is 8.58. The third kappa shape index (κ3) is 3.94. The van der Waals surface area contributed by atoms with Crippen molar-refractivity contribution in [3.63, 3.8) is 0 Å². The Bertz CT molecular complexity index is 1590. The lowest BCUT2D eigenvalue weighted by Gasteiger charge is -2.09. The van der Waals surface area contributed by atoms with Crippen LogP contribution < -0.4 is 5.73 Å². The Morgan fingerprint density at radius 1 is 1.08 bits per heavy atom. The Balaban J connectivity index is 1.63. The van der Waals surface area contributed by atoms with Gasteiger partial charge in [0.2, 0.25) is 5.82 Å². The molecule has 9 nitrogen and oxygen atoms in total. The maximum Gasteiger partial charge on any atom is 0.451 e. The van der Waals surface area contributed by atoms with Crippen molar-refractivity contribution < 1.29 is 22.0 Å². The fourth-order valence-corrected chi connectivity index (χ4v) is 4.68. The van der Waals surface area contributed by atoms with Crippen LogP contribution in [0.3, 0.4) is 0 Å². The molecule has 0 aliphatic carbocycles. The number of hydrogen-bond donors (Lipinski definition) is 1. The highest BCUT2D eigenvalue weighted by Crippen LogP contribution is 2.42. The van der Waals surface area contributed by atoms with Crippen molar-refractivity contribution in [2.45, 2.75) is 19.0 Å². The van der Waals surface area contributed by atoms with E-state index < -0.39 is 29.6 Å². The van der Waals surface area contributed by atoms with Gasteiger partial charge < -0.3 is 5.73 Å². The lowest BCUT2D eigenvalue weighted by molar-refractivity contribution is -0.144. The number of halogens is 6. The van der Waals surface area contributed by atoms with Crippen molar-refractivity contribution in [3.8, 4) is 16.8 Å². The number of alkyl halides is 3. The average Bonchev–Trinajstić information content (AvgIpc) is 3.42. The second-order valence-corrected chi connectivity index (χ2v) is 8.47. The molecule has 1 aromatic carbocycles. The minimum atomic E-state index is -4.70. The Labute approximate surface area is 206 Å². The molecule has 36 heavy (non-hydrogen) atoms. The van der Waals surface area contributed by atoms with Crippen LogP contribution in [-0.2, 0) is 6.18 Å². The summed E-state index contributed by atoms with van der Waals surface area (Å²) in [7, 11) is 0. The number of fused-ring (bicyclic) bond motifs is 1. The Morgan fingerprint density at radius 2 is 1.81 bits per heavy atom. The van der Waals surface area contributed by atoms with Crippen LogP contribution >= 0.6 is 15.9 Å². The number of rotatable bonds is 4. The molecule has 2 N–H and O–H groups in total. The molecular weight excluding hydrogens is 553 g/mol. The SMILES string of the molecule is CC(c1cn(-c2ccc(F)cc2F)nn1)c1c(Br)c(-c2cnc(C(F)(F)F)nc2)c2c(N)ncnn12. The van der Waals surface area contributed by atoms with Gasteiger partial charge in [0.05, 0.1) is 22.1 Å². The predicted octanol–water partition coefficient (Wildman–Crippen LogP) is 4.56. The number of nitrogens with two attached hydrogens (primary N) is 1. The van der Waals surface area contributed by atoms with Gasteiger partial charge in [0, 0.05) is 35.5 Å². The molecule has 0 amide bonds. The van der Waals surface area contributed by atoms with E-state index in [1.54, 1.807) is 6.92 Å². The summed E-state index contributed by atoms with van der Waals surface area (Å²) in [6.07, 6.45) is 0.0616. The molecule has 5 aromatic rings. The van der Waals surface area contributed by atoms with E-state index >= 15 is 0 Å². The van der Waals surface area contributed by atoms with E-state index in [0.717, 1.165) is 29.2 Å². The standard InChI is InChI=1S/C21H13BrF5N9/c1-9(13-7-35(34-33-13)14-3-2-11(23)4-12(14)24)17-16(22)15(18-19(28)31-8-32-36(17)18)10-5-29-20(30-6-10)21(25,26)27/h2-9H,1H3,(H2,28,31,32). The molecule has 1 atom stereocenters. The molecule has 0 aliphatic heterocycles. The number of anilines is 1. The summed E-state index contributed by atoms with van der Waals surface area (Å²) in [5, 5.41) is 12.3. The average molecular weight is 566 g/mol. The maximum absolute atomic E-state index is 14.2. The minimum Gasteiger partial charge on any atom is -0.382 e. The van der Waals surface area contributed by atoms with E-state index in [4.69, 9.17) is 5.73 Å². The summed E-state index contributed by atoms with van der Waals surface area (Å²) in [5.74, 6) is -3.30. The number of nitrogen functional groups attached to an aromatic ring is 1. The predicted molar refractivity (Wildman–Crippen MR) is 120 cm³/mol. The first kappa shape index (κ1) is 23.7. The topological polar surface area (TPSA) is 113 Å². The molecule has 1 unspecified atom stereocenters. The number of hydrogen-bond acceptors (Lipinski definition) is 7. The summed E-state index contributed by atoms with van der Waals surface area (Å²) < 4.78 is 69.4. The molecule has 0 fully saturated rings. The van der Waals surface area contributed by atoms with E-state index in [2.05, 4.69) is 46.3 Å². The van der Waals surface area contributed by atoms with Crippen molar-refractivity contribution in [3.05, 3.63) is 76.4 Å². The third-order valence-corrected chi connectivity index (χ3v) is 6.25. The van der Waals surface area contributed by atoms with E-state index in [9.17, 15) is 22.0 Å². The highest BCUT2D eigenvalue weighted by Gasteiger charge is 2.35. The van der Waals surface area contributed by atoms with Crippen LogP contribution in [0.5, 0.6) is 0 Å². The third-order valence-electron chi connectivity index (χ3n) is 5.44. The van der Waals surface area contributed by atoms with Gasteiger partial charge in [0.1, 0.15) is 23.3 Å². The van der Waals surface area contributed by atoms with Crippen LogP contribution in [0.25, 0.3) is 22.3 Å². The molecule has 5 rings (SSSR count). The van der Waals surface area contributed by atoms with Crippen LogP contribution in [0.4, 0.5) is 27.8 Å². The number of benzene rings is 1. The monoisotopic (exact) mass is 565 g/mol. The van der Waals surface area contributed by atoms with E-state index in [-0.39, 0.29) is 17.1 Å². The van der Waals surface area contributed by atoms with Gasteiger partial charge in [-0.15, -0.1) is 5.10 Å².